The summed E-state index contributed by atoms with van der Waals surface area (Å²) < 4.78 is 0. The van der Waals surface area contributed by atoms with E-state index in [0.717, 1.165) is 5.56 Å². The maximum absolute atomic E-state index is 11.9. The molecule has 0 aliphatic heterocycles. The second-order valence-corrected chi connectivity index (χ2v) is 4.87. The molecule has 18 heavy (non-hydrogen) atoms. The van der Waals surface area contributed by atoms with Gasteiger partial charge in [0.25, 0.3) is 5.91 Å². The van der Waals surface area contributed by atoms with Gasteiger partial charge in [0.15, 0.2) is 0 Å². The number of thiophene rings is 1. The lowest BCUT2D eigenvalue weighted by atomic mass is 10.1. The second-order valence-electron chi connectivity index (χ2n) is 3.54. The molecule has 3 nitrogen and oxygen atoms in total. The minimum absolute atomic E-state index is 0.328. The van der Waals surface area contributed by atoms with Crippen LogP contribution in [-0.4, -0.2) is 5.91 Å². The van der Waals surface area contributed by atoms with Gasteiger partial charge >= 0.3 is 0 Å². The molecule has 90 valence electrons. The Balaban J connectivity index is 2.16. The van der Waals surface area contributed by atoms with Crippen LogP contribution in [0.4, 0.5) is 0 Å². The summed E-state index contributed by atoms with van der Waals surface area (Å²) in [6.45, 7) is 0. The first-order valence-corrected chi connectivity index (χ1v) is 6.46. The minimum Gasteiger partial charge on any atom is -0.332 e. The van der Waals surface area contributed by atoms with E-state index in [0.29, 0.717) is 9.90 Å². The summed E-state index contributed by atoms with van der Waals surface area (Å²) in [5, 5.41) is 13.9. The summed E-state index contributed by atoms with van der Waals surface area (Å²) in [6, 6.07) is 12.1. The van der Waals surface area contributed by atoms with Crippen molar-refractivity contribution < 1.29 is 4.79 Å². The lowest BCUT2D eigenvalue weighted by Crippen LogP contribution is -2.27. The Kier molecular flexibility index (Phi) is 3.98. The molecule has 0 aliphatic carbocycles. The molecular formula is C13H9ClN2OS. The standard InChI is InChI=1S/C13H9ClN2OS/c14-10-6-7-18-12(10)13(17)16-11(8-15)9-4-2-1-3-5-9/h1-7,11H,(H,16,17). The molecule has 5 heteroatoms. The van der Waals surface area contributed by atoms with E-state index in [-0.39, 0.29) is 5.91 Å². The zero-order valence-electron chi connectivity index (χ0n) is 9.26. The number of hydrogen-bond donors (Lipinski definition) is 1. The van der Waals surface area contributed by atoms with Gasteiger partial charge in [0.1, 0.15) is 10.9 Å². The topological polar surface area (TPSA) is 52.9 Å². The van der Waals surface area contributed by atoms with Crippen molar-refractivity contribution >= 4 is 28.8 Å². The lowest BCUT2D eigenvalue weighted by Gasteiger charge is -2.11. The average Bonchev–Trinajstić information content (AvgIpc) is 2.83. The molecule has 2 rings (SSSR count). The van der Waals surface area contributed by atoms with Gasteiger partial charge in [0.2, 0.25) is 0 Å². The van der Waals surface area contributed by atoms with E-state index in [9.17, 15) is 4.79 Å². The minimum atomic E-state index is -0.670. The van der Waals surface area contributed by atoms with E-state index >= 15 is 0 Å². The molecule has 0 radical (unpaired) electrons. The fraction of sp³-hybridized carbons (Fsp3) is 0.0769. The van der Waals surface area contributed by atoms with Crippen LogP contribution in [0.2, 0.25) is 5.02 Å². The van der Waals surface area contributed by atoms with Gasteiger partial charge in [-0.1, -0.05) is 41.9 Å². The van der Waals surface area contributed by atoms with E-state index in [2.05, 4.69) is 11.4 Å². The van der Waals surface area contributed by atoms with Crippen molar-refractivity contribution in [1.29, 1.82) is 5.26 Å². The monoisotopic (exact) mass is 276 g/mol. The maximum Gasteiger partial charge on any atom is 0.264 e. The summed E-state index contributed by atoms with van der Waals surface area (Å²) in [5.41, 5.74) is 0.751. The molecule has 1 unspecified atom stereocenters. The SMILES string of the molecule is N#CC(NC(=O)c1sccc1Cl)c1ccccc1. The molecule has 1 heterocycles. The normalized spacial score (nSPS) is 11.6. The van der Waals surface area contributed by atoms with Crippen LogP contribution in [-0.2, 0) is 0 Å². The quantitative estimate of drug-likeness (QED) is 0.934. The van der Waals surface area contributed by atoms with Gasteiger partial charge in [-0.3, -0.25) is 4.79 Å². The van der Waals surface area contributed by atoms with E-state index in [1.54, 1.807) is 23.6 Å². The number of amides is 1. The van der Waals surface area contributed by atoms with Crippen molar-refractivity contribution in [1.82, 2.24) is 5.32 Å². The molecule has 0 fully saturated rings. The summed E-state index contributed by atoms with van der Waals surface area (Å²) >= 11 is 7.13. The first kappa shape index (κ1) is 12.6. The number of nitrogens with one attached hydrogen (secondary N) is 1. The highest BCUT2D eigenvalue weighted by molar-refractivity contribution is 7.12. The Bertz CT molecular complexity index is 589. The fourth-order valence-corrected chi connectivity index (χ4v) is 2.53. The smallest absolute Gasteiger partial charge is 0.264 e. The van der Waals surface area contributed by atoms with Gasteiger partial charge in [0.05, 0.1) is 11.1 Å². The van der Waals surface area contributed by atoms with E-state index in [1.807, 2.05) is 18.2 Å². The fourth-order valence-electron chi connectivity index (χ4n) is 1.49. The molecule has 0 aliphatic rings. The second kappa shape index (κ2) is 5.67. The molecule has 0 bridgehead atoms. The molecular weight excluding hydrogens is 268 g/mol. The van der Waals surface area contributed by atoms with Crippen molar-refractivity contribution in [3.8, 4) is 6.07 Å². The number of benzene rings is 1. The Morgan fingerprint density at radius 3 is 2.61 bits per heavy atom. The maximum atomic E-state index is 11.9. The van der Waals surface area contributed by atoms with Crippen molar-refractivity contribution in [3.63, 3.8) is 0 Å². The van der Waals surface area contributed by atoms with Gasteiger partial charge in [-0.15, -0.1) is 11.3 Å². The van der Waals surface area contributed by atoms with Crippen LogP contribution in [0.3, 0.4) is 0 Å². The first-order chi connectivity index (χ1) is 8.72. The average molecular weight is 277 g/mol. The molecule has 0 saturated carbocycles. The van der Waals surface area contributed by atoms with E-state index < -0.39 is 6.04 Å². The number of hydrogen-bond acceptors (Lipinski definition) is 3. The largest absolute Gasteiger partial charge is 0.332 e. The zero-order valence-corrected chi connectivity index (χ0v) is 10.8. The Morgan fingerprint density at radius 1 is 1.33 bits per heavy atom. The third-order valence-corrected chi connectivity index (χ3v) is 3.70. The van der Waals surface area contributed by atoms with Crippen LogP contribution in [0.5, 0.6) is 0 Å². The first-order valence-electron chi connectivity index (χ1n) is 5.21. The molecule has 1 aromatic heterocycles. The van der Waals surface area contributed by atoms with Gasteiger partial charge < -0.3 is 5.32 Å². The van der Waals surface area contributed by atoms with Crippen molar-refractivity contribution in [3.05, 3.63) is 57.2 Å². The molecule has 1 atom stereocenters. The van der Waals surface area contributed by atoms with Crippen molar-refractivity contribution in [2.45, 2.75) is 6.04 Å². The number of halogens is 1. The predicted molar refractivity (Wildman–Crippen MR) is 71.6 cm³/mol. The lowest BCUT2D eigenvalue weighted by molar-refractivity contribution is 0.0949. The molecule has 0 saturated heterocycles. The number of rotatable bonds is 3. The third-order valence-electron chi connectivity index (χ3n) is 2.36. The van der Waals surface area contributed by atoms with Gasteiger partial charge in [-0.05, 0) is 17.0 Å². The highest BCUT2D eigenvalue weighted by Crippen LogP contribution is 2.23. The molecule has 1 amide bonds. The zero-order chi connectivity index (χ0) is 13.0. The summed E-state index contributed by atoms with van der Waals surface area (Å²) in [4.78, 5) is 12.4. The van der Waals surface area contributed by atoms with Crippen molar-refractivity contribution in [2.24, 2.45) is 0 Å². The summed E-state index contributed by atoms with van der Waals surface area (Å²) in [7, 11) is 0. The highest BCUT2D eigenvalue weighted by atomic mass is 35.5. The summed E-state index contributed by atoms with van der Waals surface area (Å²) in [5.74, 6) is -0.328. The van der Waals surface area contributed by atoms with Crippen molar-refractivity contribution in [2.75, 3.05) is 0 Å². The van der Waals surface area contributed by atoms with Gasteiger partial charge in [-0.25, -0.2) is 0 Å². The van der Waals surface area contributed by atoms with E-state index in [1.165, 1.54) is 11.3 Å². The Labute approximate surface area is 114 Å². The number of nitriles is 1. The Morgan fingerprint density at radius 2 is 2.06 bits per heavy atom. The van der Waals surface area contributed by atoms with Gasteiger partial charge in [0, 0.05) is 0 Å². The Hall–Kier alpha value is -1.83. The predicted octanol–water partition coefficient (Wildman–Crippen LogP) is 3.40. The molecule has 2 aromatic rings. The van der Waals surface area contributed by atoms with Gasteiger partial charge in [-0.2, -0.15) is 5.26 Å². The van der Waals surface area contributed by atoms with Crippen LogP contribution in [0.25, 0.3) is 0 Å². The molecule has 0 spiro atoms. The van der Waals surface area contributed by atoms with Crippen LogP contribution < -0.4 is 5.32 Å². The van der Waals surface area contributed by atoms with Crippen LogP contribution in [0, 0.1) is 11.3 Å². The number of nitrogens with zero attached hydrogens (tertiary/aromatic N) is 1. The number of carbonyl (C=O) groups is 1. The van der Waals surface area contributed by atoms with Crippen LogP contribution in [0.15, 0.2) is 41.8 Å². The molecule has 1 aromatic carbocycles. The van der Waals surface area contributed by atoms with Crippen LogP contribution >= 0.6 is 22.9 Å². The molecule has 1 N–H and O–H groups in total. The number of carbonyl (C=O) groups excluding carboxylic acids is 1. The summed E-state index contributed by atoms with van der Waals surface area (Å²) in [6.07, 6.45) is 0. The van der Waals surface area contributed by atoms with E-state index in [4.69, 9.17) is 16.9 Å². The third kappa shape index (κ3) is 2.70. The highest BCUT2D eigenvalue weighted by Gasteiger charge is 2.17. The van der Waals surface area contributed by atoms with Crippen LogP contribution in [0.1, 0.15) is 21.3 Å².